The molecular formula is C13H16N2O. The molecule has 0 amide bonds. The van der Waals surface area contributed by atoms with Crippen LogP contribution in [0.2, 0.25) is 0 Å². The van der Waals surface area contributed by atoms with Gasteiger partial charge in [-0.3, -0.25) is 4.98 Å². The molecule has 0 aliphatic carbocycles. The van der Waals surface area contributed by atoms with Gasteiger partial charge in [0, 0.05) is 17.8 Å². The van der Waals surface area contributed by atoms with Gasteiger partial charge in [-0.25, -0.2) is 0 Å². The second-order valence-corrected chi connectivity index (χ2v) is 4.53. The van der Waals surface area contributed by atoms with E-state index in [1.165, 1.54) is 6.08 Å². The highest BCUT2D eigenvalue weighted by Crippen LogP contribution is 2.26. The Morgan fingerprint density at radius 1 is 1.44 bits per heavy atom. The molecule has 16 heavy (non-hydrogen) atoms. The highest BCUT2D eigenvalue weighted by Gasteiger charge is 2.18. The van der Waals surface area contributed by atoms with Gasteiger partial charge in [-0.2, -0.15) is 5.26 Å². The summed E-state index contributed by atoms with van der Waals surface area (Å²) in [6.45, 7) is 6.52. The summed E-state index contributed by atoms with van der Waals surface area (Å²) in [5.74, 6) is 0.701. The third kappa shape index (κ3) is 3.74. The first-order chi connectivity index (χ1) is 7.54. The summed E-state index contributed by atoms with van der Waals surface area (Å²) in [5.41, 5.74) is 0.894. The molecule has 0 aliphatic heterocycles. The number of pyridine rings is 1. The van der Waals surface area contributed by atoms with Crippen LogP contribution in [0.3, 0.4) is 0 Å². The molecule has 3 heteroatoms. The van der Waals surface area contributed by atoms with Crippen molar-refractivity contribution in [3.8, 4) is 6.07 Å². The summed E-state index contributed by atoms with van der Waals surface area (Å²) in [7, 11) is 0. The van der Waals surface area contributed by atoms with E-state index in [1.54, 1.807) is 12.4 Å². The molecular weight excluding hydrogens is 200 g/mol. The number of rotatable bonds is 3. The average molecular weight is 216 g/mol. The maximum atomic E-state index is 8.68. The van der Waals surface area contributed by atoms with E-state index in [0.29, 0.717) is 12.4 Å². The van der Waals surface area contributed by atoms with Gasteiger partial charge < -0.3 is 4.74 Å². The van der Waals surface area contributed by atoms with Crippen molar-refractivity contribution in [3.05, 3.63) is 41.9 Å². The molecule has 3 nitrogen and oxygen atoms in total. The lowest BCUT2D eigenvalue weighted by Crippen LogP contribution is -2.12. The molecule has 0 spiro atoms. The first kappa shape index (κ1) is 12.3. The van der Waals surface area contributed by atoms with Crippen molar-refractivity contribution in [3.63, 3.8) is 0 Å². The van der Waals surface area contributed by atoms with Crippen molar-refractivity contribution < 1.29 is 4.74 Å². The highest BCUT2D eigenvalue weighted by molar-refractivity contribution is 5.15. The van der Waals surface area contributed by atoms with E-state index in [0.717, 1.165) is 5.56 Å². The Morgan fingerprint density at radius 3 is 2.56 bits per heavy atom. The van der Waals surface area contributed by atoms with E-state index in [2.05, 4.69) is 4.98 Å². The molecule has 1 rings (SSSR count). The predicted octanol–water partition coefficient (Wildman–Crippen LogP) is 3.05. The molecule has 0 atom stereocenters. The smallest absolute Gasteiger partial charge is 0.113 e. The third-order valence-electron chi connectivity index (χ3n) is 2.08. The van der Waals surface area contributed by atoms with Crippen molar-refractivity contribution in [2.24, 2.45) is 5.41 Å². The highest BCUT2D eigenvalue weighted by atomic mass is 16.5. The van der Waals surface area contributed by atoms with Crippen molar-refractivity contribution in [2.45, 2.75) is 27.4 Å². The summed E-state index contributed by atoms with van der Waals surface area (Å²) < 4.78 is 5.64. The summed E-state index contributed by atoms with van der Waals surface area (Å²) >= 11 is 0. The number of aromatic nitrogens is 1. The van der Waals surface area contributed by atoms with Gasteiger partial charge in [-0.1, -0.05) is 20.8 Å². The number of hydrogen-bond donors (Lipinski definition) is 0. The van der Waals surface area contributed by atoms with Gasteiger partial charge in [0.2, 0.25) is 0 Å². The van der Waals surface area contributed by atoms with Gasteiger partial charge in [0.15, 0.2) is 0 Å². The zero-order chi connectivity index (χ0) is 12.0. The summed E-state index contributed by atoms with van der Waals surface area (Å²) in [6, 6.07) is 5.80. The Hall–Kier alpha value is -1.82. The third-order valence-corrected chi connectivity index (χ3v) is 2.08. The van der Waals surface area contributed by atoms with Crippen LogP contribution in [-0.2, 0) is 11.3 Å². The van der Waals surface area contributed by atoms with Crippen LogP contribution < -0.4 is 0 Å². The minimum absolute atomic E-state index is 0.150. The first-order valence-corrected chi connectivity index (χ1v) is 5.16. The molecule has 1 aromatic heterocycles. The van der Waals surface area contributed by atoms with Crippen LogP contribution in [0.4, 0.5) is 0 Å². The SMILES string of the molecule is CC(C)(C)/C(=C/C#N)OCc1ccncc1. The van der Waals surface area contributed by atoms with Crippen molar-refractivity contribution >= 4 is 0 Å². The van der Waals surface area contributed by atoms with Gasteiger partial charge in [-0.05, 0) is 17.7 Å². The van der Waals surface area contributed by atoms with Gasteiger partial charge in [0.25, 0.3) is 0 Å². The normalized spacial score (nSPS) is 12.0. The van der Waals surface area contributed by atoms with E-state index < -0.39 is 0 Å². The Bertz CT molecular complexity index is 396. The zero-order valence-electron chi connectivity index (χ0n) is 9.90. The van der Waals surface area contributed by atoms with Gasteiger partial charge >= 0.3 is 0 Å². The Labute approximate surface area is 96.4 Å². The van der Waals surface area contributed by atoms with E-state index >= 15 is 0 Å². The number of allylic oxidation sites excluding steroid dienone is 2. The zero-order valence-corrected chi connectivity index (χ0v) is 9.90. The minimum Gasteiger partial charge on any atom is -0.492 e. The maximum absolute atomic E-state index is 8.68. The molecule has 0 saturated carbocycles. The topological polar surface area (TPSA) is 45.9 Å². The van der Waals surface area contributed by atoms with E-state index in [1.807, 2.05) is 39.0 Å². The van der Waals surface area contributed by atoms with Crippen LogP contribution >= 0.6 is 0 Å². The van der Waals surface area contributed by atoms with Crippen LogP contribution in [-0.4, -0.2) is 4.98 Å². The monoisotopic (exact) mass is 216 g/mol. The standard InChI is InChI=1S/C13H16N2O/c1-13(2,3)12(4-7-14)16-10-11-5-8-15-9-6-11/h4-6,8-9H,10H2,1-3H3/b12-4-. The van der Waals surface area contributed by atoms with Crippen molar-refractivity contribution in [1.29, 1.82) is 5.26 Å². The van der Waals surface area contributed by atoms with Gasteiger partial charge in [0.1, 0.15) is 12.4 Å². The van der Waals surface area contributed by atoms with E-state index in [-0.39, 0.29) is 5.41 Å². The number of hydrogen-bond acceptors (Lipinski definition) is 3. The lowest BCUT2D eigenvalue weighted by Gasteiger charge is -2.22. The van der Waals surface area contributed by atoms with Gasteiger partial charge in [0.05, 0.1) is 12.1 Å². The lowest BCUT2D eigenvalue weighted by atomic mass is 9.93. The second-order valence-electron chi connectivity index (χ2n) is 4.53. The van der Waals surface area contributed by atoms with E-state index in [9.17, 15) is 0 Å². The van der Waals surface area contributed by atoms with Crippen LogP contribution in [0.15, 0.2) is 36.4 Å². The quantitative estimate of drug-likeness (QED) is 0.576. The van der Waals surface area contributed by atoms with Crippen molar-refractivity contribution in [1.82, 2.24) is 4.98 Å². The Balaban J connectivity index is 2.67. The average Bonchev–Trinajstić information content (AvgIpc) is 2.24. The first-order valence-electron chi connectivity index (χ1n) is 5.16. The molecule has 0 bridgehead atoms. The molecule has 0 fully saturated rings. The fourth-order valence-corrected chi connectivity index (χ4v) is 1.17. The fraction of sp³-hybridized carbons (Fsp3) is 0.385. The summed E-state index contributed by atoms with van der Waals surface area (Å²) in [4.78, 5) is 3.94. The maximum Gasteiger partial charge on any atom is 0.113 e. The van der Waals surface area contributed by atoms with Crippen LogP contribution in [0.1, 0.15) is 26.3 Å². The predicted molar refractivity (Wildman–Crippen MR) is 62.2 cm³/mol. The minimum atomic E-state index is -0.150. The van der Waals surface area contributed by atoms with E-state index in [4.69, 9.17) is 10.00 Å². The van der Waals surface area contributed by atoms with Crippen LogP contribution in [0, 0.1) is 16.7 Å². The largest absolute Gasteiger partial charge is 0.492 e. The molecule has 1 heterocycles. The molecule has 84 valence electrons. The molecule has 0 aliphatic rings. The molecule has 1 aromatic rings. The Morgan fingerprint density at radius 2 is 2.06 bits per heavy atom. The molecule has 0 unspecified atom stereocenters. The molecule has 0 aromatic carbocycles. The second kappa shape index (κ2) is 5.32. The molecule has 0 saturated heterocycles. The van der Waals surface area contributed by atoms with Crippen molar-refractivity contribution in [2.75, 3.05) is 0 Å². The Kier molecular flexibility index (Phi) is 4.07. The number of nitrogens with zero attached hydrogens (tertiary/aromatic N) is 2. The summed E-state index contributed by atoms with van der Waals surface area (Å²) in [6.07, 6.45) is 4.91. The lowest BCUT2D eigenvalue weighted by molar-refractivity contribution is 0.140. The number of nitriles is 1. The molecule has 0 N–H and O–H groups in total. The van der Waals surface area contributed by atoms with Crippen LogP contribution in [0.5, 0.6) is 0 Å². The van der Waals surface area contributed by atoms with Crippen LogP contribution in [0.25, 0.3) is 0 Å². The van der Waals surface area contributed by atoms with Gasteiger partial charge in [-0.15, -0.1) is 0 Å². The summed E-state index contributed by atoms with van der Waals surface area (Å²) in [5, 5.41) is 8.68. The molecule has 0 radical (unpaired) electrons. The fourth-order valence-electron chi connectivity index (χ4n) is 1.17. The number of ether oxygens (including phenoxy) is 1.